The number of benzene rings is 1. The maximum absolute atomic E-state index is 9.40. The molecule has 1 fully saturated rings. The van der Waals surface area contributed by atoms with Gasteiger partial charge in [0, 0.05) is 72.7 Å². The summed E-state index contributed by atoms with van der Waals surface area (Å²) < 4.78 is 246. The van der Waals surface area contributed by atoms with Gasteiger partial charge in [0.2, 0.25) is 0 Å². The molecule has 0 aliphatic heterocycles. The number of hydrogen-bond acceptors (Lipinski definition) is 2. The first-order valence-electron chi connectivity index (χ1n) is 31.8. The zero-order valence-corrected chi connectivity index (χ0v) is 13.3. The van der Waals surface area contributed by atoms with Gasteiger partial charge in [-0.3, -0.25) is 0 Å². The molecule has 1 saturated carbocycles. The Labute approximate surface area is 198 Å². The Morgan fingerprint density at radius 3 is 2.75 bits per heavy atom. The van der Waals surface area contributed by atoms with E-state index in [9.17, 15) is 5.11 Å². The largest absolute Gasteiger partial charge is 0.493 e. The Hall–Kier alpha value is -1.02. The van der Waals surface area contributed by atoms with Crippen LogP contribution in [0, 0.1) is 11.3 Å². The number of aliphatic hydroxyl groups is 1. The van der Waals surface area contributed by atoms with Crippen molar-refractivity contribution in [1.29, 1.82) is 0 Å². The van der Waals surface area contributed by atoms with Crippen molar-refractivity contribution in [2.45, 2.75) is 59.5 Å². The number of rotatable bonds is 5. The summed E-state index contributed by atoms with van der Waals surface area (Å²) in [5, 5.41) is 9.40. The molecule has 0 bridgehead atoms. The highest BCUT2D eigenvalue weighted by atomic mass is 16.5. The first-order chi connectivity index (χ1) is 33.4. The third-order valence-corrected chi connectivity index (χ3v) is 4.46. The van der Waals surface area contributed by atoms with Crippen LogP contribution in [0.4, 0.5) is 0 Å². The number of hydrogen-bond donors (Lipinski definition) is 1. The SMILES string of the molecule is CC(C)COc1ccc(CO)cc1[C@@H]1CCCC1(C)C.[3HH].[3H][3H].[3H][3H].[3H][3H].[3H][3H].[3H][3H].[3H][3H].[3H][3H].[3H][3H].[3H][3H].[3H][3H].[3H][3H].[3H][3H].[3H][3H].[3H][3H].[3H][3H].[3H][3H].[3H][3H].[3H][3H].[3H][3H].[3H][3H].[3H][3H].[3H][3H].[3H][3H].[3H][3H]. The van der Waals surface area contributed by atoms with Crippen LogP contribution in [0.25, 0.3) is 0 Å². The summed E-state index contributed by atoms with van der Waals surface area (Å²) in [5.74, 6) is 2.07. The topological polar surface area (TPSA) is 29.5 Å². The van der Waals surface area contributed by atoms with Crippen LogP contribution in [0.2, 0.25) is 0 Å². The first kappa shape index (κ1) is 3.17. The molecule has 0 spiro atoms. The van der Waals surface area contributed by atoms with Gasteiger partial charge >= 0.3 is 0 Å². The molecule has 2 rings (SSSR count). The number of ether oxygens (including phenoxy) is 1. The van der Waals surface area contributed by atoms with Crippen molar-refractivity contribution < 1.29 is 82.5 Å². The Balaban J connectivity index is -0.0000000161. The second-order valence-corrected chi connectivity index (χ2v) is 7.17. The van der Waals surface area contributed by atoms with Crippen LogP contribution in [0.3, 0.4) is 0 Å². The summed E-state index contributed by atoms with van der Waals surface area (Å²) >= 11 is 0. The maximum Gasteiger partial charge on any atom is 0.122 e. The van der Waals surface area contributed by atoms with Crippen LogP contribution in [0.5, 0.6) is 5.75 Å². The molecule has 1 aliphatic carbocycles. The van der Waals surface area contributed by atoms with E-state index in [2.05, 4.69) is 33.8 Å². The minimum absolute atomic E-state index is 0. The van der Waals surface area contributed by atoms with Gasteiger partial charge in [0.25, 0.3) is 0 Å². The van der Waals surface area contributed by atoms with Crippen LogP contribution in [0.1, 0.15) is 137 Å². The summed E-state index contributed by atoms with van der Waals surface area (Å²) in [4.78, 5) is 0. The molecule has 20 heavy (non-hydrogen) atoms. The van der Waals surface area contributed by atoms with E-state index in [0.717, 1.165) is 17.9 Å². The lowest BCUT2D eigenvalue weighted by molar-refractivity contribution is 0.257. The van der Waals surface area contributed by atoms with Crippen LogP contribution in [0.15, 0.2) is 18.2 Å². The van der Waals surface area contributed by atoms with E-state index in [1.165, 1.54) is 24.8 Å². The van der Waals surface area contributed by atoms with Crippen molar-refractivity contribution in [1.82, 2.24) is 0 Å². The fourth-order valence-electron chi connectivity index (χ4n) is 3.26. The second-order valence-electron chi connectivity index (χ2n) is 7.17. The van der Waals surface area contributed by atoms with Crippen molar-refractivity contribution >= 4 is 0 Å². The van der Waals surface area contributed by atoms with Gasteiger partial charge in [-0.15, -0.1) is 0 Å². The van der Waals surface area contributed by atoms with E-state index in [4.69, 9.17) is 76.0 Å². The van der Waals surface area contributed by atoms with Crippen molar-refractivity contribution in [3.8, 4) is 5.75 Å². The van der Waals surface area contributed by atoms with Gasteiger partial charge in [-0.05, 0) is 53.4 Å². The zero-order chi connectivity index (χ0) is 62.8. The molecule has 1 atom stereocenters. The number of aliphatic hydroxyl groups excluding tert-OH is 1. The average Bonchev–Trinajstić information content (AvgIpc) is 3.88. The van der Waals surface area contributed by atoms with E-state index in [-0.39, 0.29) is 8.03 Å². The molecular formula is C18H78O2. The lowest BCUT2D eigenvalue weighted by atomic mass is 9.77. The van der Waals surface area contributed by atoms with Gasteiger partial charge in [0.05, 0.1) is 13.2 Å². The fourth-order valence-corrected chi connectivity index (χ4v) is 3.26. The molecule has 2 heteroatoms. The predicted molar refractivity (Wildman–Crippen MR) is 136 cm³/mol. The van der Waals surface area contributed by atoms with Crippen LogP contribution in [-0.2, 0) is 6.61 Å². The molecular weight excluding hydrogens is 248 g/mol. The summed E-state index contributed by atoms with van der Waals surface area (Å²) in [6.45, 7) is 9.89. The van der Waals surface area contributed by atoms with Gasteiger partial charge < -0.3 is 9.84 Å². The average molecular weight is 425 g/mol. The molecule has 162 valence electrons. The molecule has 2 nitrogen and oxygen atoms in total. The molecule has 0 aromatic heterocycles. The molecule has 1 aromatic carbocycles. The highest BCUT2D eigenvalue weighted by Gasteiger charge is 2.37. The normalized spacial score (nSPS) is 31.0. The highest BCUT2D eigenvalue weighted by Crippen LogP contribution is 2.51. The molecule has 0 saturated heterocycles. The molecule has 1 aromatic rings. The van der Waals surface area contributed by atoms with Gasteiger partial charge in [-0.25, -0.2) is 0 Å². The van der Waals surface area contributed by atoms with Gasteiger partial charge in [-0.1, -0.05) is 40.2 Å². The van der Waals surface area contributed by atoms with Crippen molar-refractivity contribution in [2.24, 2.45) is 11.3 Å². The van der Waals surface area contributed by atoms with Gasteiger partial charge in [0.15, 0.2) is 0 Å². The Bertz CT molecular complexity index is 509. The van der Waals surface area contributed by atoms with Crippen LogP contribution >= 0.6 is 0 Å². The highest BCUT2D eigenvalue weighted by molar-refractivity contribution is 5.41. The molecule has 0 heterocycles. The van der Waals surface area contributed by atoms with Crippen LogP contribution < -0.4 is 4.74 Å². The van der Waals surface area contributed by atoms with E-state index in [1.54, 1.807) is 0 Å². The van der Waals surface area contributed by atoms with E-state index < -0.39 is 0 Å². The van der Waals surface area contributed by atoms with Gasteiger partial charge in [0.1, 0.15) is 5.75 Å². The maximum atomic E-state index is 9.40. The van der Waals surface area contributed by atoms with Crippen LogP contribution in [-0.4, -0.2) is 11.7 Å². The standard InChI is InChI=1S/C18H28O2.25H2/c1-13(2)12-20-17-8-7-14(11-19)10-15(17)16-6-5-9-18(16,3)4;;;;;;;;;;;;;;;;;;;;;;;;;/h7-8,10,13,16,19H,5-6,9,11-12H2,1-4H3;25*1H/t16-;;;;;;;;;;;;;;;;;;;;;;;;;/m0........................./s1/i;24*1+2T;1+2. The molecule has 0 radical (unpaired) electrons. The predicted octanol–water partition coefficient (Wildman–Crippen LogP) is 10.7. The van der Waals surface area contributed by atoms with Crippen molar-refractivity contribution in [3.63, 3.8) is 0 Å². The molecule has 1 aliphatic rings. The third-order valence-electron chi connectivity index (χ3n) is 4.46. The summed E-state index contributed by atoms with van der Waals surface area (Å²) in [7, 11) is 0. The molecule has 0 unspecified atom stereocenters. The fraction of sp³-hybridized carbons (Fsp3) is 0.667. The Kier molecular flexibility index (Phi) is 0.979. The Morgan fingerprint density at radius 1 is 1.45 bits per heavy atom. The summed E-state index contributed by atoms with van der Waals surface area (Å²) in [6, 6.07) is 6.16. The summed E-state index contributed by atoms with van der Waals surface area (Å²) in [6.07, 6.45) is 3.77. The summed E-state index contributed by atoms with van der Waals surface area (Å²) in [5.41, 5.74) is 2.60. The smallest absolute Gasteiger partial charge is 0.122 e. The van der Waals surface area contributed by atoms with Crippen molar-refractivity contribution in [3.05, 3.63) is 29.3 Å². The monoisotopic (exact) mass is 425 g/mol. The minimum atomic E-state index is 0. The van der Waals surface area contributed by atoms with E-state index in [1.807, 2.05) is 12.1 Å². The second kappa shape index (κ2) is 6.17. The molecule has 1 N–H and O–H groups in total. The quantitative estimate of drug-likeness (QED) is 0.508. The van der Waals surface area contributed by atoms with E-state index >= 15 is 0 Å². The lowest BCUT2D eigenvalue weighted by Gasteiger charge is -2.29. The molecule has 0 amide bonds. The lowest BCUT2D eigenvalue weighted by Crippen LogP contribution is -2.17. The van der Waals surface area contributed by atoms with E-state index in [0.29, 0.717) is 17.3 Å². The first-order valence-corrected chi connectivity index (χ1v) is 7.80. The Morgan fingerprint density at radius 2 is 2.20 bits per heavy atom. The van der Waals surface area contributed by atoms with Gasteiger partial charge in [-0.2, -0.15) is 0 Å². The van der Waals surface area contributed by atoms with Crippen molar-refractivity contribution in [2.75, 3.05) is 6.61 Å². The third kappa shape index (κ3) is 3.35. The zero-order valence-electron chi connectivity index (χ0n) is 61.3. The minimum Gasteiger partial charge on any atom is -0.493 e.